The Morgan fingerprint density at radius 1 is 1.46 bits per heavy atom. The van der Waals surface area contributed by atoms with E-state index in [1.807, 2.05) is 19.2 Å². The van der Waals surface area contributed by atoms with E-state index >= 15 is 0 Å². The van der Waals surface area contributed by atoms with Crippen molar-refractivity contribution < 1.29 is 0 Å². The van der Waals surface area contributed by atoms with Gasteiger partial charge in [-0.2, -0.15) is 0 Å². The van der Waals surface area contributed by atoms with E-state index in [0.29, 0.717) is 0 Å². The number of benzene rings is 1. The van der Waals surface area contributed by atoms with Gasteiger partial charge in [-0.1, -0.05) is 6.07 Å². The number of nitrogens with two attached hydrogens (primary N) is 1. The van der Waals surface area contributed by atoms with Crippen LogP contribution in [0.3, 0.4) is 0 Å². The lowest BCUT2D eigenvalue weighted by atomic mass is 10.1. The van der Waals surface area contributed by atoms with Crippen LogP contribution in [0.5, 0.6) is 0 Å². The van der Waals surface area contributed by atoms with Crippen molar-refractivity contribution in [1.29, 1.82) is 0 Å². The molecule has 1 aromatic heterocycles. The zero-order chi connectivity index (χ0) is 9.26. The molecule has 2 nitrogen and oxygen atoms in total. The van der Waals surface area contributed by atoms with Gasteiger partial charge in [0.2, 0.25) is 0 Å². The second-order valence-corrected chi connectivity index (χ2v) is 3.92. The molecule has 0 aliphatic rings. The van der Waals surface area contributed by atoms with Crippen LogP contribution in [0.25, 0.3) is 10.1 Å². The van der Waals surface area contributed by atoms with Crippen molar-refractivity contribution in [3.63, 3.8) is 0 Å². The van der Waals surface area contributed by atoms with Crippen LogP contribution in [-0.4, -0.2) is 7.05 Å². The van der Waals surface area contributed by atoms with E-state index in [9.17, 15) is 0 Å². The topological polar surface area (TPSA) is 38.0 Å². The van der Waals surface area contributed by atoms with Gasteiger partial charge >= 0.3 is 0 Å². The maximum atomic E-state index is 5.91. The van der Waals surface area contributed by atoms with E-state index in [0.717, 1.165) is 12.2 Å². The van der Waals surface area contributed by atoms with Crippen molar-refractivity contribution in [3.8, 4) is 0 Å². The summed E-state index contributed by atoms with van der Waals surface area (Å²) in [5, 5.41) is 6.51. The lowest BCUT2D eigenvalue weighted by molar-refractivity contribution is 0.826. The Labute approximate surface area is 81.4 Å². The molecule has 0 aliphatic heterocycles. The average molecular weight is 192 g/mol. The minimum Gasteiger partial charge on any atom is -0.398 e. The van der Waals surface area contributed by atoms with Crippen LogP contribution >= 0.6 is 11.3 Å². The maximum Gasteiger partial charge on any atom is 0.0405 e. The van der Waals surface area contributed by atoms with Crippen molar-refractivity contribution in [3.05, 3.63) is 29.1 Å². The first-order chi connectivity index (χ1) is 6.33. The summed E-state index contributed by atoms with van der Waals surface area (Å²) in [6, 6.07) is 6.06. The van der Waals surface area contributed by atoms with Gasteiger partial charge in [-0.05, 0) is 30.1 Å². The third-order valence-corrected chi connectivity index (χ3v) is 3.07. The van der Waals surface area contributed by atoms with Crippen LogP contribution in [0, 0.1) is 0 Å². The number of thiophene rings is 1. The predicted molar refractivity (Wildman–Crippen MR) is 59.0 cm³/mol. The molecule has 1 heterocycles. The fourth-order valence-corrected chi connectivity index (χ4v) is 2.50. The Bertz CT molecular complexity index is 420. The lowest BCUT2D eigenvalue weighted by Crippen LogP contribution is -2.04. The summed E-state index contributed by atoms with van der Waals surface area (Å²) in [6.45, 7) is 0.883. The monoisotopic (exact) mass is 192 g/mol. The normalized spacial score (nSPS) is 10.8. The molecule has 1 aromatic carbocycles. The molecule has 0 saturated carbocycles. The quantitative estimate of drug-likeness (QED) is 0.716. The number of hydrogen-bond acceptors (Lipinski definition) is 3. The van der Waals surface area contributed by atoms with Gasteiger partial charge in [0.05, 0.1) is 0 Å². The number of hydrogen-bond donors (Lipinski definition) is 2. The Kier molecular flexibility index (Phi) is 2.20. The first kappa shape index (κ1) is 8.53. The second kappa shape index (κ2) is 3.36. The fourth-order valence-electron chi connectivity index (χ4n) is 1.50. The van der Waals surface area contributed by atoms with E-state index in [1.54, 1.807) is 11.3 Å². The molecule has 68 valence electrons. The van der Waals surface area contributed by atoms with Crippen molar-refractivity contribution in [2.24, 2.45) is 0 Å². The minimum absolute atomic E-state index is 0.879. The molecule has 3 heteroatoms. The molecule has 0 amide bonds. The average Bonchev–Trinajstić information content (AvgIpc) is 2.51. The molecule has 2 aromatic rings. The van der Waals surface area contributed by atoms with Crippen LogP contribution < -0.4 is 11.1 Å². The summed E-state index contributed by atoms with van der Waals surface area (Å²) in [6.07, 6.45) is 0. The van der Waals surface area contributed by atoms with Gasteiger partial charge in [-0.25, -0.2) is 0 Å². The molecule has 13 heavy (non-hydrogen) atoms. The third-order valence-electron chi connectivity index (χ3n) is 2.07. The van der Waals surface area contributed by atoms with Gasteiger partial charge in [-0.15, -0.1) is 11.3 Å². The highest BCUT2D eigenvalue weighted by atomic mass is 32.1. The van der Waals surface area contributed by atoms with E-state index < -0.39 is 0 Å². The zero-order valence-corrected chi connectivity index (χ0v) is 8.32. The van der Waals surface area contributed by atoms with Crippen LogP contribution in [0.2, 0.25) is 0 Å². The van der Waals surface area contributed by atoms with Crippen molar-refractivity contribution >= 4 is 27.1 Å². The molecular formula is C10H12N2S. The zero-order valence-electron chi connectivity index (χ0n) is 7.50. The SMILES string of the molecule is CNCc1csc2cccc(N)c12. The first-order valence-electron chi connectivity index (χ1n) is 4.22. The van der Waals surface area contributed by atoms with Crippen LogP contribution in [0.1, 0.15) is 5.56 Å². The van der Waals surface area contributed by atoms with Gasteiger partial charge in [0.25, 0.3) is 0 Å². The lowest BCUT2D eigenvalue weighted by Gasteiger charge is -2.00. The highest BCUT2D eigenvalue weighted by molar-refractivity contribution is 7.17. The van der Waals surface area contributed by atoms with Gasteiger partial charge in [0.1, 0.15) is 0 Å². The highest BCUT2D eigenvalue weighted by Crippen LogP contribution is 2.30. The minimum atomic E-state index is 0.879. The summed E-state index contributed by atoms with van der Waals surface area (Å²) in [5.41, 5.74) is 8.08. The summed E-state index contributed by atoms with van der Waals surface area (Å²) in [7, 11) is 1.95. The Morgan fingerprint density at radius 3 is 3.08 bits per heavy atom. The second-order valence-electron chi connectivity index (χ2n) is 3.01. The Hall–Kier alpha value is -1.06. The predicted octanol–water partition coefficient (Wildman–Crippen LogP) is 2.20. The van der Waals surface area contributed by atoms with Gasteiger partial charge in [-0.3, -0.25) is 0 Å². The summed E-state index contributed by atoms with van der Waals surface area (Å²) in [5.74, 6) is 0. The van der Waals surface area contributed by atoms with Crippen molar-refractivity contribution in [2.45, 2.75) is 6.54 Å². The largest absolute Gasteiger partial charge is 0.398 e. The molecule has 0 radical (unpaired) electrons. The van der Waals surface area contributed by atoms with E-state index in [4.69, 9.17) is 5.73 Å². The van der Waals surface area contributed by atoms with Gasteiger partial charge < -0.3 is 11.1 Å². The van der Waals surface area contributed by atoms with Crippen LogP contribution in [-0.2, 0) is 6.54 Å². The molecule has 0 fully saturated rings. The third kappa shape index (κ3) is 1.41. The van der Waals surface area contributed by atoms with Crippen LogP contribution in [0.15, 0.2) is 23.6 Å². The summed E-state index contributed by atoms with van der Waals surface area (Å²) < 4.78 is 1.27. The molecule has 0 unspecified atom stereocenters. The fraction of sp³-hybridized carbons (Fsp3) is 0.200. The molecule has 0 aliphatic carbocycles. The molecule has 2 rings (SSSR count). The number of anilines is 1. The van der Waals surface area contributed by atoms with Gasteiger partial charge in [0, 0.05) is 22.3 Å². The molecule has 0 saturated heterocycles. The molecule has 0 bridgehead atoms. The smallest absolute Gasteiger partial charge is 0.0405 e. The molecule has 0 spiro atoms. The van der Waals surface area contributed by atoms with Crippen LogP contribution in [0.4, 0.5) is 5.69 Å². The molecular weight excluding hydrogens is 180 g/mol. The summed E-state index contributed by atoms with van der Waals surface area (Å²) >= 11 is 1.75. The van der Waals surface area contributed by atoms with E-state index in [1.165, 1.54) is 15.6 Å². The molecule has 0 atom stereocenters. The number of nitrogen functional groups attached to an aromatic ring is 1. The van der Waals surface area contributed by atoms with E-state index in [2.05, 4.69) is 16.8 Å². The molecule has 3 N–H and O–H groups in total. The number of nitrogens with one attached hydrogen (secondary N) is 1. The Morgan fingerprint density at radius 2 is 2.31 bits per heavy atom. The van der Waals surface area contributed by atoms with Gasteiger partial charge in [0.15, 0.2) is 0 Å². The number of rotatable bonds is 2. The maximum absolute atomic E-state index is 5.91. The highest BCUT2D eigenvalue weighted by Gasteiger charge is 2.05. The standard InChI is InChI=1S/C10H12N2S/c1-12-5-7-6-13-9-4-2-3-8(11)10(7)9/h2-4,6,12H,5,11H2,1H3. The van der Waals surface area contributed by atoms with Crippen molar-refractivity contribution in [2.75, 3.05) is 12.8 Å². The summed E-state index contributed by atoms with van der Waals surface area (Å²) in [4.78, 5) is 0. The Balaban J connectivity index is 2.64. The first-order valence-corrected chi connectivity index (χ1v) is 5.10. The number of fused-ring (bicyclic) bond motifs is 1. The van der Waals surface area contributed by atoms with Crippen molar-refractivity contribution in [1.82, 2.24) is 5.32 Å². The van der Waals surface area contributed by atoms with E-state index in [-0.39, 0.29) is 0 Å².